The summed E-state index contributed by atoms with van der Waals surface area (Å²) < 4.78 is 11.9. The van der Waals surface area contributed by atoms with Crippen molar-refractivity contribution in [1.29, 1.82) is 0 Å². The van der Waals surface area contributed by atoms with Gasteiger partial charge < -0.3 is 0 Å². The first-order valence-electron chi connectivity index (χ1n) is 11.4. The number of carbonyl (C=O) groups excluding carboxylic acids is 2. The molecule has 1 heterocycles. The van der Waals surface area contributed by atoms with Gasteiger partial charge in [0.1, 0.15) is 0 Å². The third-order valence-electron chi connectivity index (χ3n) is 7.74. The van der Waals surface area contributed by atoms with Gasteiger partial charge in [0, 0.05) is 0 Å². The van der Waals surface area contributed by atoms with Crippen molar-refractivity contribution in [3.63, 3.8) is 0 Å². The molecule has 4 aromatic carbocycles. The van der Waals surface area contributed by atoms with Crippen LogP contribution in [0.25, 0.3) is 22.3 Å². The fraction of sp³-hybridized carbons (Fsp3) is 0.103. The maximum atomic E-state index is 12.2. The van der Waals surface area contributed by atoms with Crippen molar-refractivity contribution < 1.29 is 33.6 Å². The van der Waals surface area contributed by atoms with Crippen LogP contribution in [0.5, 0.6) is 0 Å². The van der Waals surface area contributed by atoms with Gasteiger partial charge in [0.25, 0.3) is 0 Å². The summed E-state index contributed by atoms with van der Waals surface area (Å²) in [6, 6.07) is 29.3. The van der Waals surface area contributed by atoms with E-state index in [9.17, 15) is 9.59 Å². The van der Waals surface area contributed by atoms with Crippen LogP contribution >= 0.6 is 0 Å². The fourth-order valence-electron chi connectivity index (χ4n) is 6.64. The van der Waals surface area contributed by atoms with E-state index in [4.69, 9.17) is 6.64 Å². The van der Waals surface area contributed by atoms with E-state index in [1.54, 1.807) is 0 Å². The summed E-state index contributed by atoms with van der Waals surface area (Å²) in [6.07, 6.45) is 0.780. The van der Waals surface area contributed by atoms with Crippen molar-refractivity contribution in [3.05, 3.63) is 118 Å². The first-order chi connectivity index (χ1) is 16.8. The molecule has 0 amide bonds. The standard InChI is InChI=1S/C27H18.2CH2O2.Ti/c1-3-11-22-20(7-1)16-26-18(9-5-13-24(22)26)15-19-10-6-14-25-23-12-4-2-8-21(23)17-27(19)25;2*2-1-3;/h1-14,16-17H,15H2;2*1H,(H,2,3);/q;;;+2/p-2. The Bertz CT molecular complexity index is 1400. The molecule has 0 N–H and O–H groups in total. The van der Waals surface area contributed by atoms with Gasteiger partial charge in [-0.25, -0.2) is 0 Å². The number of fused-ring (bicyclic) bond motifs is 6. The summed E-state index contributed by atoms with van der Waals surface area (Å²) in [6.45, 7) is 1.02. The topological polar surface area (TPSA) is 52.6 Å². The molecule has 34 heavy (non-hydrogen) atoms. The second-order valence-corrected chi connectivity index (χ2v) is 13.9. The normalized spacial score (nSPS) is 19.5. The van der Waals surface area contributed by atoms with Crippen molar-refractivity contribution in [1.82, 2.24) is 0 Å². The molecule has 0 saturated carbocycles. The van der Waals surface area contributed by atoms with E-state index >= 15 is 0 Å². The van der Waals surface area contributed by atoms with Crippen LogP contribution in [-0.4, -0.2) is 12.9 Å². The number of rotatable bonds is 4. The third kappa shape index (κ3) is 2.42. The monoisotopic (exact) mass is 480 g/mol. The van der Waals surface area contributed by atoms with Crippen molar-refractivity contribution in [3.8, 4) is 22.3 Å². The molecule has 0 fully saturated rings. The van der Waals surface area contributed by atoms with E-state index in [-0.39, 0.29) is 8.45 Å². The van der Waals surface area contributed by atoms with Crippen molar-refractivity contribution in [2.75, 3.05) is 0 Å². The molecule has 2 unspecified atom stereocenters. The van der Waals surface area contributed by atoms with Gasteiger partial charge in [-0.15, -0.1) is 0 Å². The summed E-state index contributed by atoms with van der Waals surface area (Å²) in [5.74, 6) is 0. The molecule has 5 heteroatoms. The number of carbonyl (C=O) groups is 2. The van der Waals surface area contributed by atoms with Gasteiger partial charge in [-0.1, -0.05) is 0 Å². The second-order valence-electron chi connectivity index (χ2n) is 9.12. The molecular weight excluding hydrogens is 460 g/mol. The van der Waals surface area contributed by atoms with Gasteiger partial charge in [0.2, 0.25) is 0 Å². The van der Waals surface area contributed by atoms with Crippen LogP contribution in [0.2, 0.25) is 0 Å². The molecule has 0 spiro atoms. The molecule has 0 aromatic heterocycles. The summed E-state index contributed by atoms with van der Waals surface area (Å²) in [4.78, 5) is 24.4. The Balaban J connectivity index is 1.66. The first kappa shape index (κ1) is 20.0. The van der Waals surface area contributed by atoms with Crippen molar-refractivity contribution in [2.45, 2.75) is 14.9 Å². The second kappa shape index (κ2) is 7.26. The molecule has 0 saturated heterocycles. The zero-order valence-corrected chi connectivity index (χ0v) is 19.8. The van der Waals surface area contributed by atoms with E-state index in [1.807, 2.05) is 24.3 Å². The molecule has 164 valence electrons. The molecule has 4 nitrogen and oxygen atoms in total. The van der Waals surface area contributed by atoms with Crippen LogP contribution in [0.15, 0.2) is 84.9 Å². The Kier molecular flexibility index (Phi) is 4.26. The van der Waals surface area contributed by atoms with E-state index in [0.717, 1.165) is 50.9 Å². The Hall–Kier alpha value is -3.47. The third-order valence-corrected chi connectivity index (χ3v) is 13.6. The van der Waals surface area contributed by atoms with Crippen LogP contribution in [0.4, 0.5) is 0 Å². The molecule has 2 aliphatic carbocycles. The number of hydrogen-bond acceptors (Lipinski definition) is 4. The molecule has 0 radical (unpaired) electrons. The summed E-state index contributed by atoms with van der Waals surface area (Å²) in [5.41, 5.74) is 11.4. The molecular formula is C29H20O4Ti. The quantitative estimate of drug-likeness (QED) is 0.275. The fourth-order valence-corrected chi connectivity index (χ4v) is 13.0. The predicted molar refractivity (Wildman–Crippen MR) is 125 cm³/mol. The average Bonchev–Trinajstić information content (AvgIpc) is 3.38. The molecule has 4 aromatic rings. The zero-order valence-electron chi connectivity index (χ0n) is 18.2. The van der Waals surface area contributed by atoms with Gasteiger partial charge in [0.15, 0.2) is 0 Å². The van der Waals surface area contributed by atoms with Crippen LogP contribution in [0.1, 0.15) is 41.8 Å². The number of hydrogen-bond donors (Lipinski definition) is 0. The summed E-state index contributed by atoms with van der Waals surface area (Å²) in [7, 11) is 0. The van der Waals surface area contributed by atoms with Gasteiger partial charge >= 0.3 is 202 Å². The minimum absolute atomic E-state index is 0.268. The molecule has 2 atom stereocenters. The average molecular weight is 480 g/mol. The van der Waals surface area contributed by atoms with Gasteiger partial charge in [-0.3, -0.25) is 0 Å². The Morgan fingerprint density at radius 3 is 1.50 bits per heavy atom. The van der Waals surface area contributed by atoms with E-state index < -0.39 is 17.4 Å². The van der Waals surface area contributed by atoms with Crippen LogP contribution in [0, 0.1) is 0 Å². The zero-order chi connectivity index (χ0) is 22.9. The van der Waals surface area contributed by atoms with Crippen LogP contribution < -0.4 is 0 Å². The molecule has 0 bridgehead atoms. The number of benzene rings is 4. The van der Waals surface area contributed by atoms with E-state index in [1.165, 1.54) is 11.1 Å². The Labute approximate surface area is 201 Å². The van der Waals surface area contributed by atoms with E-state index in [0.29, 0.717) is 12.9 Å². The SMILES string of the molecule is O=C[O][Ti]1([O]C=O)[CH]2c3ccccc3-c3cccc(c32)Cc2cccc3c2[CH]1c1ccccc1-3. The Morgan fingerprint density at radius 1 is 0.588 bits per heavy atom. The van der Waals surface area contributed by atoms with Gasteiger partial charge in [0.05, 0.1) is 0 Å². The van der Waals surface area contributed by atoms with Crippen molar-refractivity contribution in [2.24, 2.45) is 0 Å². The summed E-state index contributed by atoms with van der Waals surface area (Å²) >= 11 is -4.39. The maximum absolute atomic E-state index is 12.2. The summed E-state index contributed by atoms with van der Waals surface area (Å²) in [5, 5.41) is 0. The van der Waals surface area contributed by atoms with Crippen molar-refractivity contribution >= 4 is 12.9 Å². The van der Waals surface area contributed by atoms with E-state index in [2.05, 4.69) is 60.7 Å². The minimum atomic E-state index is -4.39. The molecule has 7 rings (SSSR count). The molecule has 3 aliphatic rings. The predicted octanol–water partition coefficient (Wildman–Crippen LogP) is 5.76. The Morgan fingerprint density at radius 2 is 1.03 bits per heavy atom. The van der Waals surface area contributed by atoms with Gasteiger partial charge in [-0.2, -0.15) is 0 Å². The van der Waals surface area contributed by atoms with Gasteiger partial charge in [-0.05, 0) is 0 Å². The van der Waals surface area contributed by atoms with Crippen LogP contribution in [0.3, 0.4) is 0 Å². The molecule has 1 aliphatic heterocycles. The van der Waals surface area contributed by atoms with Crippen LogP contribution in [-0.2, 0) is 40.0 Å². The first-order valence-corrected chi connectivity index (χ1v) is 14.5.